The molecule has 1 unspecified atom stereocenters. The van der Waals surface area contributed by atoms with Crippen molar-refractivity contribution in [3.63, 3.8) is 0 Å². The fourth-order valence-electron chi connectivity index (χ4n) is 2.26. The van der Waals surface area contributed by atoms with Crippen LogP contribution in [0.25, 0.3) is 0 Å². The molecule has 1 rings (SSSR count). The molecule has 5 heteroatoms. The van der Waals surface area contributed by atoms with Gasteiger partial charge in [0.1, 0.15) is 0 Å². The van der Waals surface area contributed by atoms with Gasteiger partial charge in [0.25, 0.3) is 0 Å². The Bertz CT molecular complexity index is 458. The van der Waals surface area contributed by atoms with Crippen molar-refractivity contribution in [1.29, 1.82) is 0 Å². The molecule has 1 aromatic carbocycles. The van der Waals surface area contributed by atoms with E-state index in [0.29, 0.717) is 12.5 Å². The molecule has 3 N–H and O–H groups in total. The average Bonchev–Trinajstić information content (AvgIpc) is 2.56. The van der Waals surface area contributed by atoms with E-state index in [1.807, 2.05) is 30.3 Å². The Morgan fingerprint density at radius 1 is 1.09 bits per heavy atom. The largest absolute Gasteiger partial charge is 0.358 e. The predicted octanol–water partition coefficient (Wildman–Crippen LogP) is 1.24. The summed E-state index contributed by atoms with van der Waals surface area (Å²) in [5, 5.41) is 8.59. The first kappa shape index (κ1) is 18.2. The van der Waals surface area contributed by atoms with Crippen molar-refractivity contribution in [2.24, 2.45) is 0 Å². The molecule has 0 radical (unpaired) electrons. The van der Waals surface area contributed by atoms with Gasteiger partial charge in [-0.05, 0) is 24.8 Å². The number of carbonyl (C=O) groups is 2. The lowest BCUT2D eigenvalue weighted by Gasteiger charge is -2.24. The van der Waals surface area contributed by atoms with Crippen LogP contribution in [-0.4, -0.2) is 37.5 Å². The average molecular weight is 305 g/mol. The van der Waals surface area contributed by atoms with Gasteiger partial charge in [-0.25, -0.2) is 0 Å². The monoisotopic (exact) mass is 305 g/mol. The Morgan fingerprint density at radius 3 is 2.27 bits per heavy atom. The molecule has 0 spiro atoms. The van der Waals surface area contributed by atoms with E-state index >= 15 is 0 Å². The summed E-state index contributed by atoms with van der Waals surface area (Å²) < 4.78 is 0. The molecule has 1 atom stereocenters. The fraction of sp³-hybridized carbons (Fsp3) is 0.529. The van der Waals surface area contributed by atoms with Gasteiger partial charge in [-0.1, -0.05) is 44.2 Å². The highest BCUT2D eigenvalue weighted by Gasteiger charge is 2.21. The molecule has 0 aliphatic carbocycles. The molecule has 0 aliphatic rings. The third-order valence-electron chi connectivity index (χ3n) is 3.72. The van der Waals surface area contributed by atoms with Gasteiger partial charge in [-0.2, -0.15) is 0 Å². The van der Waals surface area contributed by atoms with Crippen molar-refractivity contribution in [3.8, 4) is 0 Å². The van der Waals surface area contributed by atoms with E-state index in [2.05, 4.69) is 29.8 Å². The third-order valence-corrected chi connectivity index (χ3v) is 3.72. The van der Waals surface area contributed by atoms with Gasteiger partial charge in [0, 0.05) is 13.1 Å². The van der Waals surface area contributed by atoms with Gasteiger partial charge in [0.05, 0.1) is 12.6 Å². The third kappa shape index (κ3) is 6.26. The molecular weight excluding hydrogens is 278 g/mol. The smallest absolute Gasteiger partial charge is 0.239 e. The van der Waals surface area contributed by atoms with Crippen LogP contribution in [0.5, 0.6) is 0 Å². The second-order valence-electron chi connectivity index (χ2n) is 5.31. The van der Waals surface area contributed by atoms with E-state index in [1.165, 1.54) is 0 Å². The van der Waals surface area contributed by atoms with Crippen LogP contribution in [0.15, 0.2) is 30.3 Å². The van der Waals surface area contributed by atoms with Crippen LogP contribution in [0.1, 0.15) is 32.3 Å². The quantitative estimate of drug-likeness (QED) is 0.643. The van der Waals surface area contributed by atoms with Crippen molar-refractivity contribution in [1.82, 2.24) is 16.0 Å². The van der Waals surface area contributed by atoms with Gasteiger partial charge < -0.3 is 16.0 Å². The summed E-state index contributed by atoms with van der Waals surface area (Å²) in [5.74, 6) is -0.339. The number of benzene rings is 1. The lowest BCUT2D eigenvalue weighted by atomic mass is 10.0. The number of hydrogen-bond donors (Lipinski definition) is 3. The molecule has 0 fully saturated rings. The molecule has 0 aliphatic heterocycles. The van der Waals surface area contributed by atoms with Crippen LogP contribution in [0, 0.1) is 0 Å². The topological polar surface area (TPSA) is 70.2 Å². The Hall–Kier alpha value is -1.88. The van der Waals surface area contributed by atoms with E-state index in [-0.39, 0.29) is 24.4 Å². The van der Waals surface area contributed by atoms with Crippen LogP contribution in [0.3, 0.4) is 0 Å². The number of rotatable bonds is 9. The minimum atomic E-state index is -0.336. The zero-order valence-corrected chi connectivity index (χ0v) is 13.7. The molecule has 5 nitrogen and oxygen atoms in total. The second-order valence-corrected chi connectivity index (χ2v) is 5.31. The molecule has 0 heterocycles. The van der Waals surface area contributed by atoms with Crippen LogP contribution in [0.2, 0.25) is 0 Å². The Kier molecular flexibility index (Phi) is 8.22. The van der Waals surface area contributed by atoms with Gasteiger partial charge in [0.2, 0.25) is 11.8 Å². The van der Waals surface area contributed by atoms with Crippen LogP contribution < -0.4 is 16.0 Å². The number of nitrogens with one attached hydrogen (secondary N) is 3. The van der Waals surface area contributed by atoms with E-state index in [4.69, 9.17) is 0 Å². The summed E-state index contributed by atoms with van der Waals surface area (Å²) in [5.41, 5.74) is 1.10. The summed E-state index contributed by atoms with van der Waals surface area (Å²) >= 11 is 0. The SMILES string of the molecule is CCC(CC)NC(Cc1ccccc1)C(=O)NCC(=O)NC. The summed E-state index contributed by atoms with van der Waals surface area (Å²) in [6, 6.07) is 9.86. The maximum absolute atomic E-state index is 12.4. The van der Waals surface area contributed by atoms with Crippen molar-refractivity contribution in [3.05, 3.63) is 35.9 Å². The second kappa shape index (κ2) is 9.95. The van der Waals surface area contributed by atoms with Crippen molar-refractivity contribution >= 4 is 11.8 Å². The van der Waals surface area contributed by atoms with Gasteiger partial charge in [-0.3, -0.25) is 9.59 Å². The van der Waals surface area contributed by atoms with E-state index < -0.39 is 0 Å². The number of carbonyl (C=O) groups excluding carboxylic acids is 2. The zero-order valence-electron chi connectivity index (χ0n) is 13.7. The van der Waals surface area contributed by atoms with Crippen LogP contribution in [-0.2, 0) is 16.0 Å². The van der Waals surface area contributed by atoms with E-state index in [1.54, 1.807) is 7.05 Å². The highest BCUT2D eigenvalue weighted by atomic mass is 16.2. The lowest BCUT2D eigenvalue weighted by molar-refractivity contribution is -0.127. The first-order valence-electron chi connectivity index (χ1n) is 7.88. The molecule has 22 heavy (non-hydrogen) atoms. The van der Waals surface area contributed by atoms with Gasteiger partial charge in [-0.15, -0.1) is 0 Å². The van der Waals surface area contributed by atoms with Crippen LogP contribution >= 0.6 is 0 Å². The molecular formula is C17H27N3O2. The van der Waals surface area contributed by atoms with Crippen LogP contribution in [0.4, 0.5) is 0 Å². The number of amides is 2. The first-order valence-corrected chi connectivity index (χ1v) is 7.88. The summed E-state index contributed by atoms with van der Waals surface area (Å²) in [7, 11) is 1.55. The Morgan fingerprint density at radius 2 is 1.73 bits per heavy atom. The standard InChI is InChI=1S/C17H27N3O2/c1-4-14(5-2)20-15(11-13-9-7-6-8-10-13)17(22)19-12-16(21)18-3/h6-10,14-15,20H,4-5,11-12H2,1-3H3,(H,18,21)(H,19,22). The lowest BCUT2D eigenvalue weighted by Crippen LogP contribution is -2.50. The zero-order chi connectivity index (χ0) is 16.4. The molecule has 122 valence electrons. The van der Waals surface area contributed by atoms with Crippen molar-refractivity contribution < 1.29 is 9.59 Å². The summed E-state index contributed by atoms with van der Waals surface area (Å²) in [4.78, 5) is 23.7. The minimum Gasteiger partial charge on any atom is -0.358 e. The molecule has 1 aromatic rings. The van der Waals surface area contributed by atoms with Gasteiger partial charge in [0.15, 0.2) is 0 Å². The Balaban J connectivity index is 2.72. The number of hydrogen-bond acceptors (Lipinski definition) is 3. The maximum Gasteiger partial charge on any atom is 0.239 e. The molecule has 0 saturated heterocycles. The van der Waals surface area contributed by atoms with Gasteiger partial charge >= 0.3 is 0 Å². The highest BCUT2D eigenvalue weighted by molar-refractivity contribution is 5.87. The molecule has 0 saturated carbocycles. The normalized spacial score (nSPS) is 12.0. The fourth-order valence-corrected chi connectivity index (χ4v) is 2.26. The van der Waals surface area contributed by atoms with Crippen molar-refractivity contribution in [2.45, 2.75) is 45.2 Å². The minimum absolute atomic E-state index is 0.00518. The maximum atomic E-state index is 12.4. The summed E-state index contributed by atoms with van der Waals surface area (Å²) in [6.07, 6.45) is 2.53. The summed E-state index contributed by atoms with van der Waals surface area (Å²) in [6.45, 7) is 4.21. The molecule has 0 bridgehead atoms. The Labute approximate surface area is 132 Å². The van der Waals surface area contributed by atoms with Crippen molar-refractivity contribution in [2.75, 3.05) is 13.6 Å². The number of likely N-dealkylation sites (N-methyl/N-ethyl adjacent to an activating group) is 1. The predicted molar refractivity (Wildman–Crippen MR) is 88.5 cm³/mol. The van der Waals surface area contributed by atoms with E-state index in [9.17, 15) is 9.59 Å². The molecule has 2 amide bonds. The molecule has 0 aromatic heterocycles. The first-order chi connectivity index (χ1) is 10.6. The van der Waals surface area contributed by atoms with E-state index in [0.717, 1.165) is 18.4 Å². The highest BCUT2D eigenvalue weighted by Crippen LogP contribution is 2.06.